The van der Waals surface area contributed by atoms with Crippen molar-refractivity contribution in [1.29, 1.82) is 0 Å². The smallest absolute Gasteiger partial charge is 0.412 e. The van der Waals surface area contributed by atoms with Gasteiger partial charge in [0.1, 0.15) is 0 Å². The van der Waals surface area contributed by atoms with E-state index < -0.39 is 10.2 Å². The van der Waals surface area contributed by atoms with Crippen LogP contribution >= 0.6 is 12.2 Å². The van der Waals surface area contributed by atoms with Gasteiger partial charge in [-0.3, -0.25) is 29.9 Å². The normalized spacial score (nSPS) is 9.43. The Morgan fingerprint density at radius 2 is 0.536 bits per heavy atom. The summed E-state index contributed by atoms with van der Waals surface area (Å²) in [4.78, 5) is 42.6. The quantitative estimate of drug-likeness (QED) is 0.0563. The summed E-state index contributed by atoms with van der Waals surface area (Å²) in [5, 5.41) is 36.3. The van der Waals surface area contributed by atoms with Crippen LogP contribution in [0.4, 0.5) is 0 Å². The van der Waals surface area contributed by atoms with Crippen molar-refractivity contribution in [2.45, 2.75) is 0 Å². The number of nitrogens with two attached hydrogens (primary N) is 2. The molecule has 0 radical (unpaired) electrons. The van der Waals surface area contributed by atoms with Crippen LogP contribution in [0, 0.1) is 30.6 Å². The second-order valence-corrected chi connectivity index (χ2v) is 11.0. The molecular weight excluding hydrogens is 787 g/mol. The molecule has 0 amide bonds. The Labute approximate surface area is 332 Å². The molecule has 6 aromatic heterocycles. The number of hydrogen-bond donors (Lipinski definition) is 2. The van der Waals surface area contributed by atoms with E-state index in [0.29, 0.717) is 0 Å². The molecule has 6 N–H and O–H groups in total. The predicted octanol–water partition coefficient (Wildman–Crippen LogP) is 6.23. The minimum absolute atomic E-state index is 0. The zero-order valence-electron chi connectivity index (χ0n) is 28.8. The van der Waals surface area contributed by atoms with E-state index in [1.54, 1.807) is 37.2 Å². The van der Waals surface area contributed by atoms with Gasteiger partial charge in [0.2, 0.25) is 0 Å². The Bertz CT molecular complexity index is 2230. The first-order chi connectivity index (χ1) is 26.0. The van der Waals surface area contributed by atoms with Crippen molar-refractivity contribution in [2.75, 3.05) is 0 Å². The van der Waals surface area contributed by atoms with Crippen molar-refractivity contribution >= 4 is 82.7 Å². The summed E-state index contributed by atoms with van der Waals surface area (Å²) in [5.74, 6) is 0. The summed E-state index contributed by atoms with van der Waals surface area (Å²) in [7, 11) is 0. The maximum absolute atomic E-state index is 8.25. The van der Waals surface area contributed by atoms with E-state index in [9.17, 15) is 0 Å². The van der Waals surface area contributed by atoms with Crippen molar-refractivity contribution in [3.8, 4) is 0 Å². The van der Waals surface area contributed by atoms with E-state index in [1.165, 1.54) is 0 Å². The molecule has 9 rings (SSSR count). The first-order valence-corrected chi connectivity index (χ1v) is 15.9. The summed E-state index contributed by atoms with van der Waals surface area (Å²) in [6, 6.07) is 36.4. The maximum atomic E-state index is 8.25. The SMILES string of the molecule is NC(N)=S.O.O=[N+]([O-])[O-].O=[N+]([O-])[O-].[Ni+2].c1cnc2c(c1)ccc1cccnc12.c1cnc2c(c1)ccc1cccnc12.c1cnc2c(c1)ccc1cccnc12. The molecule has 0 aliphatic heterocycles. The van der Waals surface area contributed by atoms with Crippen LogP contribution in [0.25, 0.3) is 65.4 Å². The van der Waals surface area contributed by atoms with E-state index >= 15 is 0 Å². The van der Waals surface area contributed by atoms with Gasteiger partial charge >= 0.3 is 16.5 Å². The summed E-state index contributed by atoms with van der Waals surface area (Å²) in [6.45, 7) is 0. The van der Waals surface area contributed by atoms with Crippen molar-refractivity contribution in [1.82, 2.24) is 29.9 Å². The zero-order valence-corrected chi connectivity index (χ0v) is 30.6. The maximum Gasteiger partial charge on any atom is 2.00 e. The fourth-order valence-electron chi connectivity index (χ4n) is 5.04. The number of benzene rings is 3. The van der Waals surface area contributed by atoms with Crippen molar-refractivity contribution in [3.63, 3.8) is 0 Å². The fraction of sp³-hybridized carbons (Fsp3) is 0. The number of nitrogens with zero attached hydrogens (tertiary/aromatic N) is 8. The van der Waals surface area contributed by atoms with Gasteiger partial charge in [-0.15, -0.1) is 0 Å². The molecule has 3 aromatic carbocycles. The number of thiocarbonyl (C=S) groups is 1. The van der Waals surface area contributed by atoms with Gasteiger partial charge < -0.3 is 47.6 Å². The third kappa shape index (κ3) is 13.3. The van der Waals surface area contributed by atoms with E-state index in [1.807, 2.05) is 36.4 Å². The van der Waals surface area contributed by atoms with Gasteiger partial charge in [-0.2, -0.15) is 0 Å². The molecule has 0 bridgehead atoms. The molecule has 0 saturated heterocycles. The predicted molar refractivity (Wildman–Crippen MR) is 216 cm³/mol. The molecule has 17 nitrogen and oxygen atoms in total. The van der Waals surface area contributed by atoms with Crippen LogP contribution in [-0.4, -0.2) is 50.7 Å². The van der Waals surface area contributed by atoms with Crippen molar-refractivity contribution < 1.29 is 32.1 Å². The molecule has 0 fully saturated rings. The monoisotopic (exact) mass is 816 g/mol. The fourth-order valence-corrected chi connectivity index (χ4v) is 5.04. The Balaban J connectivity index is 0.000000250. The van der Waals surface area contributed by atoms with Crippen molar-refractivity contribution in [3.05, 3.63) is 177 Å². The molecular formula is C37H30N10NiO7S. The van der Waals surface area contributed by atoms with E-state index in [4.69, 9.17) is 30.6 Å². The topological polar surface area (TPSA) is 293 Å². The summed E-state index contributed by atoms with van der Waals surface area (Å²) >= 11 is 4.09. The summed E-state index contributed by atoms with van der Waals surface area (Å²) in [6.07, 6.45) is 10.8. The Hall–Kier alpha value is -7.34. The van der Waals surface area contributed by atoms with Gasteiger partial charge in [0.05, 0.1) is 43.3 Å². The van der Waals surface area contributed by atoms with Crippen LogP contribution in [-0.2, 0) is 16.5 Å². The minimum atomic E-state index is -1.75. The molecule has 0 spiro atoms. The van der Waals surface area contributed by atoms with E-state index in [0.717, 1.165) is 65.4 Å². The van der Waals surface area contributed by atoms with Crippen LogP contribution in [0.3, 0.4) is 0 Å². The number of fused-ring (bicyclic) bond motifs is 9. The van der Waals surface area contributed by atoms with Gasteiger partial charge in [-0.1, -0.05) is 72.8 Å². The van der Waals surface area contributed by atoms with Crippen LogP contribution in [0.5, 0.6) is 0 Å². The standard InChI is InChI=1S/3C12H8N2.CH4N2S.2NO3.Ni.H2O/c3*1-3-9-5-6-10-4-2-8-14-12(10)11(9)13-7-1;3*2-1(3)4;;/h3*1-8H;(H4,2,3,4);;;;1H2/q;;;;2*-1;+2;. The molecule has 0 saturated carbocycles. The van der Waals surface area contributed by atoms with Crippen molar-refractivity contribution in [2.24, 2.45) is 11.5 Å². The first kappa shape index (κ1) is 44.8. The second-order valence-electron chi connectivity index (χ2n) is 10.5. The third-order valence-corrected chi connectivity index (χ3v) is 7.03. The molecule has 9 aromatic rings. The molecule has 0 aliphatic carbocycles. The molecule has 19 heteroatoms. The summed E-state index contributed by atoms with van der Waals surface area (Å²) < 4.78 is 0. The molecule has 0 atom stereocenters. The largest absolute Gasteiger partial charge is 2.00 e. The van der Waals surface area contributed by atoms with Gasteiger partial charge in [-0.25, -0.2) is 0 Å². The third-order valence-electron chi connectivity index (χ3n) is 7.03. The van der Waals surface area contributed by atoms with Gasteiger partial charge in [0.15, 0.2) is 5.11 Å². The molecule has 286 valence electrons. The zero-order chi connectivity index (χ0) is 38.9. The minimum Gasteiger partial charge on any atom is -0.412 e. The van der Waals surface area contributed by atoms with Crippen LogP contribution < -0.4 is 11.5 Å². The van der Waals surface area contributed by atoms with Gasteiger partial charge in [0, 0.05) is 69.5 Å². The van der Waals surface area contributed by atoms with Gasteiger partial charge in [-0.05, 0) is 48.6 Å². The number of rotatable bonds is 0. The first-order valence-electron chi connectivity index (χ1n) is 15.5. The average molecular weight is 817 g/mol. The number of pyridine rings is 6. The van der Waals surface area contributed by atoms with E-state index in [-0.39, 0.29) is 27.1 Å². The van der Waals surface area contributed by atoms with E-state index in [2.05, 4.69) is 126 Å². The van der Waals surface area contributed by atoms with Crippen LogP contribution in [0.2, 0.25) is 0 Å². The number of aromatic nitrogens is 6. The second kappa shape index (κ2) is 22.7. The van der Waals surface area contributed by atoms with Crippen LogP contribution in [0.1, 0.15) is 0 Å². The Kier molecular flexibility index (Phi) is 18.1. The molecule has 6 heterocycles. The van der Waals surface area contributed by atoms with Gasteiger partial charge in [0.25, 0.3) is 0 Å². The molecule has 0 unspecified atom stereocenters. The average Bonchev–Trinajstić information content (AvgIpc) is 3.18. The molecule has 56 heavy (non-hydrogen) atoms. The van der Waals surface area contributed by atoms with Crippen LogP contribution in [0.15, 0.2) is 146 Å². The Morgan fingerprint density at radius 3 is 0.661 bits per heavy atom. The Morgan fingerprint density at radius 1 is 0.411 bits per heavy atom. The number of hydrogen-bond acceptors (Lipinski definition) is 13. The summed E-state index contributed by atoms with van der Waals surface area (Å²) in [5.41, 5.74) is 15.1. The molecule has 0 aliphatic rings.